The first kappa shape index (κ1) is 28.9. The molecule has 2 N–H and O–H groups in total. The number of hydrogen-bond donors (Lipinski definition) is 1. The van der Waals surface area contributed by atoms with Gasteiger partial charge < -0.3 is 20.3 Å². The molecule has 4 aromatic rings. The molecule has 0 saturated carbocycles. The first-order valence-electron chi connectivity index (χ1n) is 14.8. The second-order valence-corrected chi connectivity index (χ2v) is 11.0. The zero-order valence-corrected chi connectivity index (χ0v) is 24.5. The van der Waals surface area contributed by atoms with E-state index in [1.165, 1.54) is 18.8 Å². The molecule has 10 nitrogen and oxygen atoms in total. The van der Waals surface area contributed by atoms with Gasteiger partial charge in [-0.2, -0.15) is 10.4 Å². The van der Waals surface area contributed by atoms with E-state index in [-0.39, 0.29) is 28.9 Å². The van der Waals surface area contributed by atoms with Gasteiger partial charge in [-0.1, -0.05) is 30.4 Å². The number of nitrogens with two attached hydrogens (primary N) is 1. The summed E-state index contributed by atoms with van der Waals surface area (Å²) in [7, 11) is 0. The third kappa shape index (κ3) is 5.83. The van der Waals surface area contributed by atoms with Gasteiger partial charge in [0.05, 0.1) is 11.4 Å². The van der Waals surface area contributed by atoms with Gasteiger partial charge in [-0.25, -0.2) is 19.0 Å². The normalized spacial score (nSPS) is 17.3. The smallest absolute Gasteiger partial charge is 0.264 e. The molecule has 2 aliphatic heterocycles. The van der Waals surface area contributed by atoms with Crippen LogP contribution in [0.3, 0.4) is 0 Å². The number of allylic oxidation sites excluding steroid dienone is 3. The Bertz CT molecular complexity index is 1790. The highest BCUT2D eigenvalue weighted by atomic mass is 19.1. The number of nitriles is 1. The standard InChI is InChI=1S/C33H33FN8O2/c1-22(40-16-7-17-40)8-5-9-23(19-35)33(43)41-15-6-10-24(20-41)42-32-29(31(36)37-21-38-32)30(39-42)27-14-13-26(18-28(27)34)44-25-11-3-2-4-12-25/h2-4,8-9,11-14,18,21,24H,5-7,10,15-17,20H2,1H3,(H2,36,37,38)/b22-8-,23-9+/t24-/m1/s1. The Balaban J connectivity index is 1.25. The molecule has 224 valence electrons. The monoisotopic (exact) mass is 592 g/mol. The summed E-state index contributed by atoms with van der Waals surface area (Å²) in [5.41, 5.74) is 8.57. The van der Waals surface area contributed by atoms with Gasteiger partial charge in [-0.15, -0.1) is 0 Å². The Labute approximate surface area is 254 Å². The molecule has 0 aliphatic carbocycles. The van der Waals surface area contributed by atoms with Crippen LogP contribution in [-0.4, -0.2) is 61.6 Å². The van der Waals surface area contributed by atoms with E-state index >= 15 is 4.39 Å². The van der Waals surface area contributed by atoms with Crippen molar-refractivity contribution in [3.63, 3.8) is 0 Å². The number of ether oxygens (including phenoxy) is 1. The highest BCUT2D eigenvalue weighted by molar-refractivity contribution is 5.99. The van der Waals surface area contributed by atoms with Crippen LogP contribution >= 0.6 is 0 Å². The molecule has 0 radical (unpaired) electrons. The summed E-state index contributed by atoms with van der Waals surface area (Å²) < 4.78 is 23.1. The molecule has 2 aromatic carbocycles. The number of para-hydroxylation sites is 1. The number of anilines is 1. The molecule has 6 rings (SSSR count). The molecular formula is C33H33FN8O2. The van der Waals surface area contributed by atoms with Crippen molar-refractivity contribution >= 4 is 22.8 Å². The van der Waals surface area contributed by atoms with E-state index < -0.39 is 5.82 Å². The average Bonchev–Trinajstić information content (AvgIpc) is 3.39. The lowest BCUT2D eigenvalue weighted by molar-refractivity contribution is -0.128. The van der Waals surface area contributed by atoms with Gasteiger partial charge in [0, 0.05) is 43.5 Å². The molecular weight excluding hydrogens is 559 g/mol. The summed E-state index contributed by atoms with van der Waals surface area (Å²) in [5, 5.41) is 15.0. The molecule has 4 heterocycles. The zero-order chi connectivity index (χ0) is 30.6. The molecule has 0 unspecified atom stereocenters. The topological polar surface area (TPSA) is 126 Å². The third-order valence-electron chi connectivity index (χ3n) is 8.16. The fourth-order valence-corrected chi connectivity index (χ4v) is 5.65. The second kappa shape index (κ2) is 12.6. The maximum absolute atomic E-state index is 15.6. The first-order chi connectivity index (χ1) is 21.4. The fourth-order valence-electron chi connectivity index (χ4n) is 5.65. The van der Waals surface area contributed by atoms with Crippen molar-refractivity contribution in [2.75, 3.05) is 31.9 Å². The first-order valence-corrected chi connectivity index (χ1v) is 14.8. The number of carbonyl (C=O) groups is 1. The minimum atomic E-state index is -0.532. The van der Waals surface area contributed by atoms with Crippen molar-refractivity contribution in [3.8, 4) is 28.8 Å². The molecule has 44 heavy (non-hydrogen) atoms. The molecule has 2 fully saturated rings. The van der Waals surface area contributed by atoms with E-state index in [0.717, 1.165) is 25.2 Å². The Kier molecular flexibility index (Phi) is 8.23. The van der Waals surface area contributed by atoms with Crippen LogP contribution < -0.4 is 10.5 Å². The number of nitrogens with zero attached hydrogens (tertiary/aromatic N) is 7. The van der Waals surface area contributed by atoms with E-state index in [2.05, 4.69) is 20.9 Å². The summed E-state index contributed by atoms with van der Waals surface area (Å²) in [6.07, 6.45) is 8.22. The maximum atomic E-state index is 15.6. The lowest BCUT2D eigenvalue weighted by Crippen LogP contribution is -2.41. The maximum Gasteiger partial charge on any atom is 0.264 e. The lowest BCUT2D eigenvalue weighted by Gasteiger charge is -2.34. The lowest BCUT2D eigenvalue weighted by atomic mass is 10.0. The van der Waals surface area contributed by atoms with Crippen LogP contribution in [0.5, 0.6) is 11.5 Å². The summed E-state index contributed by atoms with van der Waals surface area (Å²) in [6.45, 7) is 5.00. The van der Waals surface area contributed by atoms with E-state index in [9.17, 15) is 10.1 Å². The van der Waals surface area contributed by atoms with Gasteiger partial charge in [0.2, 0.25) is 0 Å². The van der Waals surface area contributed by atoms with Crippen molar-refractivity contribution in [3.05, 3.63) is 84.1 Å². The zero-order valence-electron chi connectivity index (χ0n) is 24.5. The summed E-state index contributed by atoms with van der Waals surface area (Å²) >= 11 is 0. The molecule has 1 atom stereocenters. The number of rotatable bonds is 8. The van der Waals surface area contributed by atoms with E-state index in [0.29, 0.717) is 54.2 Å². The van der Waals surface area contributed by atoms with Gasteiger partial charge in [0.1, 0.15) is 46.8 Å². The van der Waals surface area contributed by atoms with Gasteiger partial charge in [0.15, 0.2) is 5.65 Å². The van der Waals surface area contributed by atoms with Crippen LogP contribution in [0.1, 0.15) is 38.6 Å². The van der Waals surface area contributed by atoms with Crippen LogP contribution in [0.2, 0.25) is 0 Å². The number of amides is 1. The number of likely N-dealkylation sites (tertiary alicyclic amines) is 2. The van der Waals surface area contributed by atoms with Crippen LogP contribution in [-0.2, 0) is 4.79 Å². The van der Waals surface area contributed by atoms with E-state index in [4.69, 9.17) is 15.6 Å². The Hall–Kier alpha value is -5.24. The van der Waals surface area contributed by atoms with E-state index in [1.54, 1.807) is 39.9 Å². The summed E-state index contributed by atoms with van der Waals surface area (Å²) in [5.74, 6) is 0.282. The predicted molar refractivity (Wildman–Crippen MR) is 165 cm³/mol. The third-order valence-corrected chi connectivity index (χ3v) is 8.16. The Morgan fingerprint density at radius 3 is 2.61 bits per heavy atom. The second-order valence-electron chi connectivity index (χ2n) is 11.0. The van der Waals surface area contributed by atoms with Gasteiger partial charge >= 0.3 is 0 Å². The summed E-state index contributed by atoms with van der Waals surface area (Å²) in [4.78, 5) is 26.0. The van der Waals surface area contributed by atoms with Crippen LogP contribution in [0.25, 0.3) is 22.3 Å². The quantitative estimate of drug-likeness (QED) is 0.206. The summed E-state index contributed by atoms with van der Waals surface area (Å²) in [6, 6.07) is 15.6. The van der Waals surface area contributed by atoms with E-state index in [1.807, 2.05) is 31.2 Å². The number of hydrogen-bond acceptors (Lipinski definition) is 8. The van der Waals surface area contributed by atoms with Crippen molar-refractivity contribution in [2.45, 2.75) is 38.6 Å². The number of benzene rings is 2. The van der Waals surface area contributed by atoms with Crippen molar-refractivity contribution in [1.29, 1.82) is 5.26 Å². The number of fused-ring (bicyclic) bond motifs is 1. The molecule has 2 saturated heterocycles. The van der Waals surface area contributed by atoms with Crippen molar-refractivity contribution in [2.24, 2.45) is 0 Å². The Morgan fingerprint density at radius 1 is 1.09 bits per heavy atom. The highest BCUT2D eigenvalue weighted by Gasteiger charge is 2.30. The van der Waals surface area contributed by atoms with Crippen LogP contribution in [0.4, 0.5) is 10.2 Å². The number of carbonyl (C=O) groups excluding carboxylic acids is 1. The Morgan fingerprint density at radius 2 is 1.89 bits per heavy atom. The van der Waals surface area contributed by atoms with Crippen LogP contribution in [0.15, 0.2) is 78.3 Å². The van der Waals surface area contributed by atoms with Gasteiger partial charge in [0.25, 0.3) is 5.91 Å². The fraction of sp³-hybridized carbons (Fsp3) is 0.303. The number of aromatic nitrogens is 4. The molecule has 2 aliphatic rings. The van der Waals surface area contributed by atoms with Crippen molar-refractivity contribution < 1.29 is 13.9 Å². The number of nitrogen functional groups attached to an aromatic ring is 1. The van der Waals surface area contributed by atoms with Gasteiger partial charge in [-0.05, 0) is 56.9 Å². The predicted octanol–water partition coefficient (Wildman–Crippen LogP) is 5.62. The minimum Gasteiger partial charge on any atom is -0.457 e. The molecule has 11 heteroatoms. The SMILES string of the molecule is C/C(=C/C/C=C(\C#N)C(=O)N1CCC[C@@H](n2nc(-c3ccc(Oc4ccccc4)cc3F)c3c(N)ncnc32)C1)N1CCC1. The number of halogens is 1. The molecule has 0 bridgehead atoms. The van der Waals surface area contributed by atoms with Crippen LogP contribution in [0, 0.1) is 17.1 Å². The highest BCUT2D eigenvalue weighted by Crippen LogP contribution is 2.36. The molecule has 2 aromatic heterocycles. The molecule has 1 amide bonds. The minimum absolute atomic E-state index is 0.121. The van der Waals surface area contributed by atoms with Gasteiger partial charge in [-0.3, -0.25) is 4.79 Å². The van der Waals surface area contributed by atoms with Crippen molar-refractivity contribution in [1.82, 2.24) is 29.5 Å². The molecule has 0 spiro atoms. The number of piperidine rings is 1. The average molecular weight is 593 g/mol. The largest absolute Gasteiger partial charge is 0.457 e.